The van der Waals surface area contributed by atoms with E-state index in [1.54, 1.807) is 6.92 Å². The van der Waals surface area contributed by atoms with E-state index in [9.17, 15) is 4.79 Å². The second-order valence-electron chi connectivity index (χ2n) is 2.73. The van der Waals surface area contributed by atoms with Gasteiger partial charge in [0.2, 0.25) is 0 Å². The van der Waals surface area contributed by atoms with E-state index in [1.165, 1.54) is 0 Å². The quantitative estimate of drug-likeness (QED) is 0.686. The minimum absolute atomic E-state index is 0.266. The van der Waals surface area contributed by atoms with Crippen LogP contribution >= 0.6 is 0 Å². The molecule has 0 bridgehead atoms. The maximum Gasteiger partial charge on any atom is 0.339 e. The van der Waals surface area contributed by atoms with Gasteiger partial charge in [-0.2, -0.15) is 0 Å². The number of carboxylic acids is 1. The molecule has 0 radical (unpaired) electrons. The lowest BCUT2D eigenvalue weighted by Crippen LogP contribution is -2.00. The van der Waals surface area contributed by atoms with E-state index in [0.717, 1.165) is 0 Å². The van der Waals surface area contributed by atoms with Gasteiger partial charge in [-0.15, -0.1) is 0 Å². The number of ether oxygens (including phenoxy) is 1. The summed E-state index contributed by atoms with van der Waals surface area (Å²) in [5.41, 5.74) is 0.961. The molecule has 0 amide bonds. The number of fused-ring (bicyclic) bond motifs is 1. The van der Waals surface area contributed by atoms with Crippen LogP contribution in [0.3, 0.4) is 0 Å². The Hall–Kier alpha value is -1.29. The molecule has 0 atom stereocenters. The monoisotopic (exact) mass is 168 g/mol. The van der Waals surface area contributed by atoms with Crippen molar-refractivity contribution in [3.05, 3.63) is 22.6 Å². The molecule has 1 aromatic rings. The SMILES string of the molecule is Cc1oc2c(c1C(=O)O)COC2. The smallest absolute Gasteiger partial charge is 0.339 e. The van der Waals surface area contributed by atoms with Gasteiger partial charge in [0.15, 0.2) is 0 Å². The predicted molar refractivity (Wildman–Crippen MR) is 38.9 cm³/mol. The van der Waals surface area contributed by atoms with E-state index < -0.39 is 5.97 Å². The fourth-order valence-corrected chi connectivity index (χ4v) is 1.44. The van der Waals surface area contributed by atoms with Gasteiger partial charge in [0.05, 0.1) is 6.61 Å². The molecule has 0 aliphatic carbocycles. The minimum atomic E-state index is -0.942. The molecule has 1 aliphatic heterocycles. The molecule has 64 valence electrons. The van der Waals surface area contributed by atoms with E-state index in [-0.39, 0.29) is 5.56 Å². The summed E-state index contributed by atoms with van der Waals surface area (Å²) in [6.45, 7) is 2.40. The van der Waals surface area contributed by atoms with Crippen molar-refractivity contribution in [2.24, 2.45) is 0 Å². The van der Waals surface area contributed by atoms with Gasteiger partial charge in [-0.05, 0) is 6.92 Å². The maximum absolute atomic E-state index is 10.7. The Morgan fingerprint density at radius 3 is 2.92 bits per heavy atom. The van der Waals surface area contributed by atoms with Crippen LogP contribution in [0.4, 0.5) is 0 Å². The molecule has 1 N–H and O–H groups in total. The second-order valence-corrected chi connectivity index (χ2v) is 2.73. The van der Waals surface area contributed by atoms with Crippen LogP contribution in [-0.4, -0.2) is 11.1 Å². The summed E-state index contributed by atoms with van der Waals surface area (Å²) in [6, 6.07) is 0. The standard InChI is InChI=1S/C8H8O4/c1-4-7(8(9)10)5-2-11-3-6(5)12-4/h2-3H2,1H3,(H,9,10). The minimum Gasteiger partial charge on any atom is -0.478 e. The number of hydrogen-bond acceptors (Lipinski definition) is 3. The Morgan fingerprint density at radius 1 is 1.50 bits per heavy atom. The van der Waals surface area contributed by atoms with E-state index in [1.807, 2.05) is 0 Å². The maximum atomic E-state index is 10.7. The summed E-state index contributed by atoms with van der Waals surface area (Å²) in [7, 11) is 0. The summed E-state index contributed by atoms with van der Waals surface area (Å²) in [4.78, 5) is 10.7. The van der Waals surface area contributed by atoms with Crippen LogP contribution in [0.15, 0.2) is 4.42 Å². The summed E-state index contributed by atoms with van der Waals surface area (Å²) in [5, 5.41) is 8.80. The average Bonchev–Trinajstić information content (AvgIpc) is 2.44. The van der Waals surface area contributed by atoms with Gasteiger partial charge in [-0.25, -0.2) is 4.79 Å². The van der Waals surface area contributed by atoms with Crippen LogP contribution in [0, 0.1) is 6.92 Å². The third-order valence-electron chi connectivity index (χ3n) is 1.96. The van der Waals surface area contributed by atoms with E-state index in [0.29, 0.717) is 30.3 Å². The van der Waals surface area contributed by atoms with Gasteiger partial charge >= 0.3 is 5.97 Å². The molecule has 0 fully saturated rings. The summed E-state index contributed by atoms with van der Waals surface area (Å²) < 4.78 is 10.3. The zero-order valence-corrected chi connectivity index (χ0v) is 6.59. The highest BCUT2D eigenvalue weighted by molar-refractivity contribution is 5.90. The van der Waals surface area contributed by atoms with Gasteiger partial charge in [0.25, 0.3) is 0 Å². The van der Waals surface area contributed by atoms with Crippen molar-refractivity contribution in [3.63, 3.8) is 0 Å². The fraction of sp³-hybridized carbons (Fsp3) is 0.375. The first kappa shape index (κ1) is 7.36. The highest BCUT2D eigenvalue weighted by Gasteiger charge is 2.26. The zero-order valence-electron chi connectivity index (χ0n) is 6.59. The molecule has 1 aromatic heterocycles. The molecule has 0 aromatic carbocycles. The molecule has 0 unspecified atom stereocenters. The highest BCUT2D eigenvalue weighted by atomic mass is 16.5. The number of carbonyl (C=O) groups is 1. The van der Waals surface area contributed by atoms with Crippen LogP contribution in [0.5, 0.6) is 0 Å². The molecule has 12 heavy (non-hydrogen) atoms. The topological polar surface area (TPSA) is 59.7 Å². The average molecular weight is 168 g/mol. The number of hydrogen-bond donors (Lipinski definition) is 1. The first-order valence-electron chi connectivity index (χ1n) is 3.62. The molecule has 4 nitrogen and oxygen atoms in total. The first-order valence-corrected chi connectivity index (χ1v) is 3.62. The predicted octanol–water partition coefficient (Wildman–Crippen LogP) is 1.32. The van der Waals surface area contributed by atoms with Crippen LogP contribution in [0.25, 0.3) is 0 Å². The van der Waals surface area contributed by atoms with E-state index in [4.69, 9.17) is 14.3 Å². The highest BCUT2D eigenvalue weighted by Crippen LogP contribution is 2.28. The van der Waals surface area contributed by atoms with Gasteiger partial charge in [0, 0.05) is 5.56 Å². The molecule has 4 heteroatoms. The molecular formula is C8H8O4. The Kier molecular flexibility index (Phi) is 1.44. The number of carboxylic acid groups (broad SMARTS) is 1. The van der Waals surface area contributed by atoms with Gasteiger partial charge in [-0.1, -0.05) is 0 Å². The Labute approximate surface area is 68.7 Å². The summed E-state index contributed by atoms with van der Waals surface area (Å²) >= 11 is 0. The van der Waals surface area contributed by atoms with Crippen molar-refractivity contribution in [3.8, 4) is 0 Å². The van der Waals surface area contributed by atoms with Crippen molar-refractivity contribution >= 4 is 5.97 Å². The van der Waals surface area contributed by atoms with Gasteiger partial charge in [-0.3, -0.25) is 0 Å². The Morgan fingerprint density at radius 2 is 2.25 bits per heavy atom. The van der Waals surface area contributed by atoms with Crippen molar-refractivity contribution in [2.75, 3.05) is 0 Å². The second kappa shape index (κ2) is 2.35. The fourth-order valence-electron chi connectivity index (χ4n) is 1.44. The van der Waals surface area contributed by atoms with Crippen LogP contribution in [-0.2, 0) is 18.0 Å². The van der Waals surface area contributed by atoms with Crippen LogP contribution in [0.2, 0.25) is 0 Å². The van der Waals surface area contributed by atoms with E-state index in [2.05, 4.69) is 0 Å². The summed E-state index contributed by atoms with van der Waals surface area (Å²) in [6.07, 6.45) is 0. The molecule has 0 saturated carbocycles. The summed E-state index contributed by atoms with van der Waals surface area (Å²) in [5.74, 6) is 0.184. The number of furan rings is 1. The van der Waals surface area contributed by atoms with Crippen molar-refractivity contribution in [2.45, 2.75) is 20.1 Å². The molecule has 0 spiro atoms. The lowest BCUT2D eigenvalue weighted by atomic mass is 10.1. The lowest BCUT2D eigenvalue weighted by molar-refractivity contribution is 0.0687. The third kappa shape index (κ3) is 0.848. The number of aryl methyl sites for hydroxylation is 1. The molecule has 2 heterocycles. The Balaban J connectivity index is 2.59. The van der Waals surface area contributed by atoms with E-state index >= 15 is 0 Å². The number of aromatic carboxylic acids is 1. The van der Waals surface area contributed by atoms with Crippen molar-refractivity contribution in [1.82, 2.24) is 0 Å². The largest absolute Gasteiger partial charge is 0.478 e. The third-order valence-corrected chi connectivity index (χ3v) is 1.96. The van der Waals surface area contributed by atoms with Crippen molar-refractivity contribution in [1.29, 1.82) is 0 Å². The van der Waals surface area contributed by atoms with Crippen LogP contribution < -0.4 is 0 Å². The number of rotatable bonds is 1. The zero-order chi connectivity index (χ0) is 8.72. The normalized spacial score (nSPS) is 14.8. The molecule has 2 rings (SSSR count). The van der Waals surface area contributed by atoms with Crippen molar-refractivity contribution < 1.29 is 19.1 Å². The van der Waals surface area contributed by atoms with Gasteiger partial charge < -0.3 is 14.3 Å². The lowest BCUT2D eigenvalue weighted by Gasteiger charge is -1.93. The molecular weight excluding hydrogens is 160 g/mol. The molecule has 0 saturated heterocycles. The Bertz CT molecular complexity index is 337. The van der Waals surface area contributed by atoms with Crippen LogP contribution in [0.1, 0.15) is 27.4 Å². The van der Waals surface area contributed by atoms with Gasteiger partial charge in [0.1, 0.15) is 23.7 Å². The molecule has 1 aliphatic rings. The first-order chi connectivity index (χ1) is 5.70.